The monoisotopic (exact) mass is 202 g/mol. The van der Waals surface area contributed by atoms with Gasteiger partial charge >= 0.3 is 0 Å². The second-order valence-corrected chi connectivity index (χ2v) is 3.03. The number of amides is 1. The first-order valence-corrected chi connectivity index (χ1v) is 4.83. The lowest BCUT2D eigenvalue weighted by molar-refractivity contribution is -0.119. The molecule has 0 aliphatic carbocycles. The van der Waals surface area contributed by atoms with E-state index in [-0.39, 0.29) is 12.5 Å². The van der Waals surface area contributed by atoms with E-state index in [1.165, 1.54) is 0 Å². The normalized spacial score (nSPS) is 9.07. The molecule has 0 aromatic heterocycles. The topological polar surface area (TPSA) is 41.1 Å². The van der Waals surface area contributed by atoms with Crippen LogP contribution in [-0.4, -0.2) is 19.0 Å². The first-order valence-electron chi connectivity index (χ1n) is 4.83. The molecule has 1 rings (SSSR count). The van der Waals surface area contributed by atoms with E-state index >= 15 is 0 Å². The van der Waals surface area contributed by atoms with E-state index < -0.39 is 0 Å². The van der Waals surface area contributed by atoms with Gasteiger partial charge in [-0.1, -0.05) is 12.0 Å². The summed E-state index contributed by atoms with van der Waals surface area (Å²) in [5.74, 6) is 2.52. The van der Waals surface area contributed by atoms with Gasteiger partial charge in [0.05, 0.1) is 6.54 Å². The molecule has 1 aromatic carbocycles. The summed E-state index contributed by atoms with van der Waals surface area (Å²) in [6, 6.07) is 7.41. The molecule has 0 fully saturated rings. The van der Waals surface area contributed by atoms with Crippen LogP contribution in [0.5, 0.6) is 0 Å². The smallest absolute Gasteiger partial charge is 0.239 e. The van der Waals surface area contributed by atoms with E-state index in [4.69, 9.17) is 6.42 Å². The highest BCUT2D eigenvalue weighted by Crippen LogP contribution is 2.08. The maximum atomic E-state index is 11.2. The molecule has 0 saturated carbocycles. The van der Waals surface area contributed by atoms with Gasteiger partial charge in [0.2, 0.25) is 5.91 Å². The third kappa shape index (κ3) is 3.74. The maximum Gasteiger partial charge on any atom is 0.239 e. The minimum atomic E-state index is -0.0244. The Balaban J connectivity index is 2.51. The first kappa shape index (κ1) is 11.1. The molecule has 2 N–H and O–H groups in total. The van der Waals surface area contributed by atoms with E-state index in [0.29, 0.717) is 6.54 Å². The summed E-state index contributed by atoms with van der Waals surface area (Å²) in [5, 5.41) is 5.70. The summed E-state index contributed by atoms with van der Waals surface area (Å²) in [6.07, 6.45) is 5.27. The van der Waals surface area contributed by atoms with E-state index in [0.717, 1.165) is 11.3 Å². The summed E-state index contributed by atoms with van der Waals surface area (Å²) >= 11 is 0. The van der Waals surface area contributed by atoms with Gasteiger partial charge in [-0.3, -0.25) is 4.79 Å². The molecule has 0 spiro atoms. The zero-order valence-corrected chi connectivity index (χ0v) is 8.71. The average Bonchev–Trinajstić information content (AvgIpc) is 2.27. The number of likely N-dealkylation sites (N-methyl/N-ethyl adjacent to an activating group) is 1. The third-order valence-electron chi connectivity index (χ3n) is 1.86. The molecule has 0 heterocycles. The fraction of sp³-hybridized carbons (Fsp3) is 0.250. The summed E-state index contributed by atoms with van der Waals surface area (Å²) in [4.78, 5) is 11.2. The van der Waals surface area contributed by atoms with E-state index in [9.17, 15) is 4.79 Å². The Morgan fingerprint density at radius 1 is 1.53 bits per heavy atom. The second kappa shape index (κ2) is 5.71. The van der Waals surface area contributed by atoms with Crippen molar-refractivity contribution in [3.05, 3.63) is 29.8 Å². The average molecular weight is 202 g/mol. The van der Waals surface area contributed by atoms with Crippen molar-refractivity contribution >= 4 is 11.6 Å². The van der Waals surface area contributed by atoms with Crippen molar-refractivity contribution in [3.8, 4) is 12.3 Å². The second-order valence-electron chi connectivity index (χ2n) is 3.03. The molecular formula is C12H14N2O. The fourth-order valence-electron chi connectivity index (χ4n) is 1.16. The van der Waals surface area contributed by atoms with Crippen LogP contribution in [0, 0.1) is 12.3 Å². The largest absolute Gasteiger partial charge is 0.376 e. The van der Waals surface area contributed by atoms with E-state index in [2.05, 4.69) is 16.6 Å². The third-order valence-corrected chi connectivity index (χ3v) is 1.86. The molecule has 3 nitrogen and oxygen atoms in total. The number of hydrogen-bond acceptors (Lipinski definition) is 2. The number of nitrogens with one attached hydrogen (secondary N) is 2. The van der Waals surface area contributed by atoms with Crippen LogP contribution in [0.1, 0.15) is 12.5 Å². The first-order chi connectivity index (χ1) is 7.26. The van der Waals surface area contributed by atoms with Crippen LogP contribution in [0.4, 0.5) is 5.69 Å². The molecule has 15 heavy (non-hydrogen) atoms. The van der Waals surface area contributed by atoms with Gasteiger partial charge in [-0.05, 0) is 25.1 Å². The molecule has 0 bridgehead atoms. The number of hydrogen-bond donors (Lipinski definition) is 2. The molecule has 0 unspecified atom stereocenters. The minimum absolute atomic E-state index is 0.0244. The molecule has 1 amide bonds. The molecule has 78 valence electrons. The Hall–Kier alpha value is -1.95. The Morgan fingerprint density at radius 3 is 3.00 bits per heavy atom. The highest BCUT2D eigenvalue weighted by atomic mass is 16.1. The molecule has 1 aromatic rings. The van der Waals surface area contributed by atoms with Gasteiger partial charge in [0, 0.05) is 17.8 Å². The van der Waals surface area contributed by atoms with Crippen LogP contribution in [0.15, 0.2) is 24.3 Å². The van der Waals surface area contributed by atoms with Crippen LogP contribution in [0.2, 0.25) is 0 Å². The molecule has 0 saturated heterocycles. The lowest BCUT2D eigenvalue weighted by Crippen LogP contribution is -2.29. The van der Waals surface area contributed by atoms with Crippen LogP contribution in [0.25, 0.3) is 0 Å². The van der Waals surface area contributed by atoms with Gasteiger partial charge in [-0.25, -0.2) is 0 Å². The summed E-state index contributed by atoms with van der Waals surface area (Å²) in [6.45, 7) is 2.80. The lowest BCUT2D eigenvalue weighted by atomic mass is 10.2. The SMILES string of the molecule is C#Cc1cccc(NCC(=O)NCC)c1. The fourth-order valence-corrected chi connectivity index (χ4v) is 1.16. The van der Waals surface area contributed by atoms with Crippen molar-refractivity contribution in [1.82, 2.24) is 5.32 Å². The van der Waals surface area contributed by atoms with Gasteiger partial charge in [0.1, 0.15) is 0 Å². The highest BCUT2D eigenvalue weighted by molar-refractivity contribution is 5.80. The van der Waals surface area contributed by atoms with Crippen molar-refractivity contribution in [1.29, 1.82) is 0 Å². The number of rotatable bonds is 4. The molecule has 0 atom stereocenters. The molecule has 0 aliphatic heterocycles. The van der Waals surface area contributed by atoms with Crippen molar-refractivity contribution in [2.75, 3.05) is 18.4 Å². The van der Waals surface area contributed by atoms with E-state index in [1.54, 1.807) is 0 Å². The standard InChI is InChI=1S/C12H14N2O/c1-3-10-6-5-7-11(8-10)14-9-12(15)13-4-2/h1,5-8,14H,4,9H2,2H3,(H,13,15). The highest BCUT2D eigenvalue weighted by Gasteiger charge is 1.98. The van der Waals surface area contributed by atoms with Gasteiger partial charge in [0.25, 0.3) is 0 Å². The zero-order chi connectivity index (χ0) is 11.1. The summed E-state index contributed by atoms with van der Waals surface area (Å²) in [5.41, 5.74) is 1.66. The molecular weight excluding hydrogens is 188 g/mol. The molecule has 3 heteroatoms. The van der Waals surface area contributed by atoms with Crippen LogP contribution in [0.3, 0.4) is 0 Å². The zero-order valence-electron chi connectivity index (χ0n) is 8.71. The number of carbonyl (C=O) groups excluding carboxylic acids is 1. The van der Waals surface area contributed by atoms with Gasteiger partial charge in [-0.2, -0.15) is 0 Å². The van der Waals surface area contributed by atoms with Crippen LogP contribution in [-0.2, 0) is 4.79 Å². The van der Waals surface area contributed by atoms with Crippen LogP contribution < -0.4 is 10.6 Å². The van der Waals surface area contributed by atoms with Gasteiger partial charge in [0.15, 0.2) is 0 Å². The van der Waals surface area contributed by atoms with Crippen molar-refractivity contribution in [2.45, 2.75) is 6.92 Å². The Bertz CT molecular complexity index is 379. The lowest BCUT2D eigenvalue weighted by Gasteiger charge is -2.06. The summed E-state index contributed by atoms with van der Waals surface area (Å²) < 4.78 is 0. The number of terminal acetylenes is 1. The van der Waals surface area contributed by atoms with Crippen molar-refractivity contribution in [2.24, 2.45) is 0 Å². The number of anilines is 1. The van der Waals surface area contributed by atoms with Crippen LogP contribution >= 0.6 is 0 Å². The Labute approximate surface area is 89.9 Å². The quantitative estimate of drug-likeness (QED) is 0.721. The summed E-state index contributed by atoms with van der Waals surface area (Å²) in [7, 11) is 0. The minimum Gasteiger partial charge on any atom is -0.376 e. The number of carbonyl (C=O) groups is 1. The maximum absolute atomic E-state index is 11.2. The predicted molar refractivity (Wildman–Crippen MR) is 61.6 cm³/mol. The van der Waals surface area contributed by atoms with E-state index in [1.807, 2.05) is 31.2 Å². The Morgan fingerprint density at radius 2 is 2.33 bits per heavy atom. The van der Waals surface area contributed by atoms with Gasteiger partial charge in [-0.15, -0.1) is 6.42 Å². The Kier molecular flexibility index (Phi) is 4.24. The number of benzene rings is 1. The molecule has 0 aliphatic rings. The molecule has 0 radical (unpaired) electrons. The van der Waals surface area contributed by atoms with Crippen molar-refractivity contribution in [3.63, 3.8) is 0 Å². The van der Waals surface area contributed by atoms with Crippen molar-refractivity contribution < 1.29 is 4.79 Å². The predicted octanol–water partition coefficient (Wildman–Crippen LogP) is 1.22. The van der Waals surface area contributed by atoms with Gasteiger partial charge < -0.3 is 10.6 Å².